The Bertz CT molecular complexity index is 585. The largest absolute Gasteiger partial charge is 0.353 e. The Morgan fingerprint density at radius 2 is 1.95 bits per heavy atom. The molecule has 0 aromatic carbocycles. The van der Waals surface area contributed by atoms with Crippen LogP contribution < -0.4 is 10.6 Å². The molecule has 7 heteroatoms. The first-order valence-corrected chi connectivity index (χ1v) is 7.04. The third-order valence-electron chi connectivity index (χ3n) is 2.91. The van der Waals surface area contributed by atoms with Gasteiger partial charge in [0.05, 0.1) is 17.8 Å². The maximum absolute atomic E-state index is 12.0. The van der Waals surface area contributed by atoms with Gasteiger partial charge in [0.25, 0.3) is 5.91 Å². The van der Waals surface area contributed by atoms with Gasteiger partial charge in [0, 0.05) is 31.7 Å². The fourth-order valence-corrected chi connectivity index (χ4v) is 1.70. The molecule has 0 aliphatic rings. The summed E-state index contributed by atoms with van der Waals surface area (Å²) in [6.07, 6.45) is 4.72. The Hall–Kier alpha value is -2.54. The number of rotatable bonds is 7. The maximum Gasteiger partial charge on any atom is 0.254 e. The number of amides is 1. The van der Waals surface area contributed by atoms with E-state index < -0.39 is 0 Å². The van der Waals surface area contributed by atoms with E-state index in [9.17, 15) is 4.79 Å². The Labute approximate surface area is 129 Å². The fraction of sp³-hybridized carbons (Fsp3) is 0.333. The number of likely N-dealkylation sites (N-methyl/N-ethyl adjacent to an activating group) is 1. The van der Waals surface area contributed by atoms with Crippen molar-refractivity contribution >= 4 is 11.9 Å². The van der Waals surface area contributed by atoms with Gasteiger partial charge in [-0.1, -0.05) is 6.07 Å². The van der Waals surface area contributed by atoms with Crippen LogP contribution in [0.15, 0.2) is 36.8 Å². The quantitative estimate of drug-likeness (QED) is 0.786. The van der Waals surface area contributed by atoms with E-state index in [4.69, 9.17) is 0 Å². The minimum atomic E-state index is -0.217. The average molecular weight is 300 g/mol. The Kier molecular flexibility index (Phi) is 5.79. The molecule has 116 valence electrons. The molecule has 0 aliphatic heterocycles. The van der Waals surface area contributed by atoms with Crippen LogP contribution in [0.4, 0.5) is 5.95 Å². The number of anilines is 1. The van der Waals surface area contributed by atoms with E-state index in [1.165, 1.54) is 12.4 Å². The molecule has 1 amide bonds. The summed E-state index contributed by atoms with van der Waals surface area (Å²) in [4.78, 5) is 26.5. The van der Waals surface area contributed by atoms with Crippen molar-refractivity contribution in [1.82, 2.24) is 25.2 Å². The van der Waals surface area contributed by atoms with Crippen molar-refractivity contribution < 1.29 is 4.79 Å². The molecule has 22 heavy (non-hydrogen) atoms. The van der Waals surface area contributed by atoms with Gasteiger partial charge in [-0.15, -0.1) is 0 Å². The van der Waals surface area contributed by atoms with Gasteiger partial charge in [-0.25, -0.2) is 9.97 Å². The van der Waals surface area contributed by atoms with Crippen molar-refractivity contribution in [3.63, 3.8) is 0 Å². The third kappa shape index (κ3) is 5.10. The lowest BCUT2D eigenvalue weighted by Crippen LogP contribution is -2.24. The highest BCUT2D eigenvalue weighted by Gasteiger charge is 2.07. The Morgan fingerprint density at radius 3 is 2.59 bits per heavy atom. The van der Waals surface area contributed by atoms with Gasteiger partial charge < -0.3 is 15.5 Å². The highest BCUT2D eigenvalue weighted by atomic mass is 16.1. The molecule has 0 bridgehead atoms. The second kappa shape index (κ2) is 8.04. The van der Waals surface area contributed by atoms with Crippen LogP contribution >= 0.6 is 0 Å². The molecule has 2 aromatic rings. The first-order chi connectivity index (χ1) is 10.6. The summed E-state index contributed by atoms with van der Waals surface area (Å²) in [7, 11) is 4.00. The molecule has 0 saturated heterocycles. The van der Waals surface area contributed by atoms with E-state index in [1.807, 2.05) is 32.3 Å². The van der Waals surface area contributed by atoms with Crippen LogP contribution in [-0.2, 0) is 6.54 Å². The topological polar surface area (TPSA) is 83.0 Å². The number of nitrogens with zero attached hydrogens (tertiary/aromatic N) is 4. The number of carbonyl (C=O) groups excluding carboxylic acids is 1. The standard InChI is InChI=1S/C15H20N6O/c1-21(2)8-7-17-15-19-9-12(10-20-15)14(22)18-11-13-5-3-4-6-16-13/h3-6,9-10H,7-8,11H2,1-2H3,(H,18,22)(H,17,19,20). The van der Waals surface area contributed by atoms with Gasteiger partial charge in [0.2, 0.25) is 5.95 Å². The Morgan fingerprint density at radius 1 is 1.18 bits per heavy atom. The molecule has 0 atom stereocenters. The van der Waals surface area contributed by atoms with Crippen LogP contribution in [0.3, 0.4) is 0 Å². The van der Waals surface area contributed by atoms with Crippen molar-refractivity contribution in [3.8, 4) is 0 Å². The molecule has 0 unspecified atom stereocenters. The zero-order valence-electron chi connectivity index (χ0n) is 12.8. The summed E-state index contributed by atoms with van der Waals surface area (Å²) in [5, 5.41) is 5.88. The van der Waals surface area contributed by atoms with E-state index in [0.29, 0.717) is 18.1 Å². The number of carbonyl (C=O) groups is 1. The summed E-state index contributed by atoms with van der Waals surface area (Å²) in [5.74, 6) is 0.300. The second-order valence-electron chi connectivity index (χ2n) is 5.03. The predicted octanol–water partition coefficient (Wildman–Crippen LogP) is 0.775. The smallest absolute Gasteiger partial charge is 0.254 e. The zero-order valence-corrected chi connectivity index (χ0v) is 12.8. The van der Waals surface area contributed by atoms with Gasteiger partial charge >= 0.3 is 0 Å². The molecule has 2 aromatic heterocycles. The van der Waals surface area contributed by atoms with E-state index in [1.54, 1.807) is 6.20 Å². The highest BCUT2D eigenvalue weighted by molar-refractivity contribution is 5.93. The van der Waals surface area contributed by atoms with Crippen molar-refractivity contribution in [2.24, 2.45) is 0 Å². The van der Waals surface area contributed by atoms with Gasteiger partial charge in [0.1, 0.15) is 0 Å². The number of hydrogen-bond acceptors (Lipinski definition) is 6. The third-order valence-corrected chi connectivity index (χ3v) is 2.91. The first kappa shape index (κ1) is 15.8. The van der Waals surface area contributed by atoms with E-state index >= 15 is 0 Å². The van der Waals surface area contributed by atoms with Gasteiger partial charge in [-0.3, -0.25) is 9.78 Å². The van der Waals surface area contributed by atoms with E-state index in [2.05, 4.69) is 30.5 Å². The summed E-state index contributed by atoms with van der Waals surface area (Å²) in [6.45, 7) is 2.01. The number of nitrogens with one attached hydrogen (secondary N) is 2. The van der Waals surface area contributed by atoms with Crippen LogP contribution in [0, 0.1) is 0 Å². The van der Waals surface area contributed by atoms with Crippen LogP contribution in [0.2, 0.25) is 0 Å². The van der Waals surface area contributed by atoms with Gasteiger partial charge in [-0.2, -0.15) is 0 Å². The summed E-state index contributed by atoms with van der Waals surface area (Å²) in [6, 6.07) is 5.57. The van der Waals surface area contributed by atoms with E-state index in [-0.39, 0.29) is 5.91 Å². The van der Waals surface area contributed by atoms with Crippen molar-refractivity contribution in [2.75, 3.05) is 32.5 Å². The number of pyridine rings is 1. The van der Waals surface area contributed by atoms with Crippen LogP contribution in [-0.4, -0.2) is 52.9 Å². The lowest BCUT2D eigenvalue weighted by Gasteiger charge is -2.10. The summed E-state index contributed by atoms with van der Waals surface area (Å²) < 4.78 is 0. The fourth-order valence-electron chi connectivity index (χ4n) is 1.70. The van der Waals surface area contributed by atoms with Crippen LogP contribution in [0.1, 0.15) is 16.1 Å². The first-order valence-electron chi connectivity index (χ1n) is 7.04. The molecular weight excluding hydrogens is 280 g/mol. The van der Waals surface area contributed by atoms with Crippen molar-refractivity contribution in [2.45, 2.75) is 6.54 Å². The van der Waals surface area contributed by atoms with Gasteiger partial charge in [-0.05, 0) is 26.2 Å². The number of hydrogen-bond donors (Lipinski definition) is 2. The monoisotopic (exact) mass is 300 g/mol. The SMILES string of the molecule is CN(C)CCNc1ncc(C(=O)NCc2ccccn2)cn1. The Balaban J connectivity index is 1.83. The molecule has 0 fully saturated rings. The minimum absolute atomic E-state index is 0.217. The lowest BCUT2D eigenvalue weighted by atomic mass is 10.3. The molecule has 2 N–H and O–H groups in total. The predicted molar refractivity (Wildman–Crippen MR) is 84.5 cm³/mol. The molecule has 0 aliphatic carbocycles. The molecule has 2 heterocycles. The number of aromatic nitrogens is 3. The maximum atomic E-state index is 12.0. The zero-order chi connectivity index (χ0) is 15.8. The molecule has 0 saturated carbocycles. The lowest BCUT2D eigenvalue weighted by molar-refractivity contribution is 0.0949. The molecule has 0 spiro atoms. The van der Waals surface area contributed by atoms with Crippen molar-refractivity contribution in [1.29, 1.82) is 0 Å². The normalized spacial score (nSPS) is 10.5. The summed E-state index contributed by atoms with van der Waals surface area (Å²) >= 11 is 0. The summed E-state index contributed by atoms with van der Waals surface area (Å²) in [5.41, 5.74) is 1.23. The van der Waals surface area contributed by atoms with Crippen LogP contribution in [0.5, 0.6) is 0 Å². The van der Waals surface area contributed by atoms with Crippen LogP contribution in [0.25, 0.3) is 0 Å². The molecule has 7 nitrogen and oxygen atoms in total. The second-order valence-corrected chi connectivity index (χ2v) is 5.03. The van der Waals surface area contributed by atoms with Crippen molar-refractivity contribution in [3.05, 3.63) is 48.0 Å². The van der Waals surface area contributed by atoms with Gasteiger partial charge in [0.15, 0.2) is 0 Å². The molecular formula is C15H20N6O. The highest BCUT2D eigenvalue weighted by Crippen LogP contribution is 2.01. The average Bonchev–Trinajstić information content (AvgIpc) is 2.54. The van der Waals surface area contributed by atoms with E-state index in [0.717, 1.165) is 18.8 Å². The molecule has 0 radical (unpaired) electrons. The molecule has 2 rings (SSSR count). The minimum Gasteiger partial charge on any atom is -0.353 e.